The maximum atomic E-state index is 12.5. The number of rotatable bonds is 6. The number of benzene rings is 1. The lowest BCUT2D eigenvalue weighted by molar-refractivity contribution is 0.0735. The average molecular weight is 347 g/mol. The van der Waals surface area contributed by atoms with E-state index in [2.05, 4.69) is 22.0 Å². The Hall–Kier alpha value is -2.06. The molecule has 5 heteroatoms. The largest absolute Gasteiger partial charge is 0.467 e. The van der Waals surface area contributed by atoms with Gasteiger partial charge in [0.15, 0.2) is 0 Å². The highest BCUT2D eigenvalue weighted by molar-refractivity contribution is 9.08. The normalized spacial score (nSPS) is 10.1. The van der Waals surface area contributed by atoms with Gasteiger partial charge in [-0.1, -0.05) is 28.1 Å². The molecule has 0 aliphatic heterocycles. The molecule has 1 aromatic heterocycles. The monoisotopic (exact) mass is 346 g/mol. The second-order valence-corrected chi connectivity index (χ2v) is 5.11. The van der Waals surface area contributed by atoms with Gasteiger partial charge in [-0.3, -0.25) is 4.79 Å². The number of furan rings is 1. The molecule has 0 radical (unpaired) electrons. The Balaban J connectivity index is 2.14. The molecule has 4 nitrogen and oxygen atoms in total. The summed E-state index contributed by atoms with van der Waals surface area (Å²) >= 11 is 3.38. The highest BCUT2D eigenvalue weighted by Gasteiger charge is 2.17. The van der Waals surface area contributed by atoms with Gasteiger partial charge in [-0.25, -0.2) is 0 Å². The Labute approximate surface area is 132 Å². The van der Waals surface area contributed by atoms with E-state index >= 15 is 0 Å². The Morgan fingerprint density at radius 3 is 2.62 bits per heavy atom. The zero-order valence-electron chi connectivity index (χ0n) is 11.5. The minimum absolute atomic E-state index is 0.0947. The number of carbonyl (C=O) groups is 1. The molecule has 1 amide bonds. The van der Waals surface area contributed by atoms with Crippen LogP contribution in [0, 0.1) is 11.3 Å². The lowest BCUT2D eigenvalue weighted by Gasteiger charge is -2.20. The van der Waals surface area contributed by atoms with Crippen LogP contribution in [0.4, 0.5) is 0 Å². The first-order valence-corrected chi connectivity index (χ1v) is 7.70. The number of hydrogen-bond donors (Lipinski definition) is 0. The number of carbonyl (C=O) groups excluding carboxylic acids is 1. The number of nitriles is 1. The molecule has 1 heterocycles. The Morgan fingerprint density at radius 1 is 1.29 bits per heavy atom. The molecule has 1 aromatic carbocycles. The second-order valence-electron chi connectivity index (χ2n) is 4.54. The molecule has 0 bridgehead atoms. The molecule has 2 rings (SSSR count). The molecule has 2 aromatic rings. The van der Waals surface area contributed by atoms with E-state index in [9.17, 15) is 4.79 Å². The van der Waals surface area contributed by atoms with Crippen molar-refractivity contribution in [2.45, 2.75) is 18.3 Å². The molecule has 0 aliphatic carbocycles. The van der Waals surface area contributed by atoms with Crippen molar-refractivity contribution in [2.75, 3.05) is 6.54 Å². The summed E-state index contributed by atoms with van der Waals surface area (Å²) in [5.41, 5.74) is 1.73. The molecule has 0 spiro atoms. The van der Waals surface area contributed by atoms with E-state index in [1.54, 1.807) is 29.4 Å². The van der Waals surface area contributed by atoms with Gasteiger partial charge in [-0.15, -0.1) is 0 Å². The van der Waals surface area contributed by atoms with Crippen LogP contribution < -0.4 is 0 Å². The highest BCUT2D eigenvalue weighted by Crippen LogP contribution is 2.13. The summed E-state index contributed by atoms with van der Waals surface area (Å²) < 4.78 is 5.28. The first kappa shape index (κ1) is 15.3. The predicted octanol–water partition coefficient (Wildman–Crippen LogP) is 3.73. The van der Waals surface area contributed by atoms with Crippen molar-refractivity contribution in [2.24, 2.45) is 0 Å². The van der Waals surface area contributed by atoms with Gasteiger partial charge in [-0.2, -0.15) is 5.26 Å². The van der Waals surface area contributed by atoms with Crippen molar-refractivity contribution in [3.63, 3.8) is 0 Å². The fourth-order valence-electron chi connectivity index (χ4n) is 1.95. The smallest absolute Gasteiger partial charge is 0.254 e. The molecule has 0 aliphatic rings. The maximum Gasteiger partial charge on any atom is 0.254 e. The third-order valence-electron chi connectivity index (χ3n) is 3.06. The number of alkyl halides is 1. The van der Waals surface area contributed by atoms with E-state index in [1.807, 2.05) is 18.2 Å². The van der Waals surface area contributed by atoms with Crippen molar-refractivity contribution < 1.29 is 9.21 Å². The van der Waals surface area contributed by atoms with Gasteiger partial charge in [0.05, 0.1) is 25.3 Å². The van der Waals surface area contributed by atoms with E-state index in [0.717, 1.165) is 10.9 Å². The Kier molecular flexibility index (Phi) is 5.59. The van der Waals surface area contributed by atoms with Gasteiger partial charge < -0.3 is 9.32 Å². The first-order chi connectivity index (χ1) is 10.2. The Bertz CT molecular complexity index is 615. The first-order valence-electron chi connectivity index (χ1n) is 6.58. The van der Waals surface area contributed by atoms with Crippen LogP contribution >= 0.6 is 15.9 Å². The molecule has 21 heavy (non-hydrogen) atoms. The predicted molar refractivity (Wildman–Crippen MR) is 82.8 cm³/mol. The summed E-state index contributed by atoms with van der Waals surface area (Å²) in [4.78, 5) is 14.2. The average Bonchev–Trinajstić information content (AvgIpc) is 3.04. The summed E-state index contributed by atoms with van der Waals surface area (Å²) in [6.45, 7) is 0.754. The molecule has 0 saturated heterocycles. The molecule has 0 fully saturated rings. The van der Waals surface area contributed by atoms with Crippen LogP contribution in [0.5, 0.6) is 0 Å². The minimum Gasteiger partial charge on any atom is -0.467 e. The highest BCUT2D eigenvalue weighted by atomic mass is 79.9. The number of halogens is 1. The molecular weight excluding hydrogens is 332 g/mol. The van der Waals surface area contributed by atoms with E-state index in [-0.39, 0.29) is 5.91 Å². The van der Waals surface area contributed by atoms with Crippen LogP contribution in [0.25, 0.3) is 0 Å². The molecule has 0 N–H and O–H groups in total. The van der Waals surface area contributed by atoms with Gasteiger partial charge in [0, 0.05) is 17.4 Å². The molecule has 108 valence electrons. The van der Waals surface area contributed by atoms with Gasteiger partial charge in [0.2, 0.25) is 0 Å². The quantitative estimate of drug-likeness (QED) is 0.748. The summed E-state index contributed by atoms with van der Waals surface area (Å²) in [7, 11) is 0. The fraction of sp³-hybridized carbons (Fsp3) is 0.250. The molecule has 0 saturated carbocycles. The van der Waals surface area contributed by atoms with Crippen LogP contribution in [0.15, 0.2) is 47.1 Å². The van der Waals surface area contributed by atoms with Crippen LogP contribution in [0.2, 0.25) is 0 Å². The minimum atomic E-state index is -0.0947. The molecule has 0 unspecified atom stereocenters. The van der Waals surface area contributed by atoms with Crippen LogP contribution in [-0.2, 0) is 11.9 Å². The van der Waals surface area contributed by atoms with Crippen LogP contribution in [0.3, 0.4) is 0 Å². The summed E-state index contributed by atoms with van der Waals surface area (Å²) in [5, 5.41) is 9.50. The Morgan fingerprint density at radius 2 is 2.05 bits per heavy atom. The van der Waals surface area contributed by atoms with E-state index < -0.39 is 0 Å². The number of nitrogens with zero attached hydrogens (tertiary/aromatic N) is 2. The van der Waals surface area contributed by atoms with Crippen LogP contribution in [-0.4, -0.2) is 17.4 Å². The van der Waals surface area contributed by atoms with Gasteiger partial charge in [0.25, 0.3) is 5.91 Å². The summed E-state index contributed by atoms with van der Waals surface area (Å²) in [6, 6.07) is 13.1. The lowest BCUT2D eigenvalue weighted by atomic mass is 10.1. The third-order valence-corrected chi connectivity index (χ3v) is 3.71. The van der Waals surface area contributed by atoms with Gasteiger partial charge in [-0.05, 0) is 29.8 Å². The summed E-state index contributed by atoms with van der Waals surface area (Å²) in [5.74, 6) is 0.612. The molecular formula is C16H15BrN2O2. The van der Waals surface area contributed by atoms with Crippen molar-refractivity contribution in [3.05, 3.63) is 59.5 Å². The number of hydrogen-bond acceptors (Lipinski definition) is 3. The standard InChI is InChI=1S/C16H15BrN2O2/c17-11-13-4-6-14(7-5-13)16(20)19(9-2-8-18)12-15-3-1-10-21-15/h1,3-7,10H,2,9,11-12H2. The van der Waals surface area contributed by atoms with Crippen molar-refractivity contribution in [1.29, 1.82) is 5.26 Å². The van der Waals surface area contributed by atoms with Crippen molar-refractivity contribution in [3.8, 4) is 6.07 Å². The van der Waals surface area contributed by atoms with Crippen molar-refractivity contribution in [1.82, 2.24) is 4.90 Å². The lowest BCUT2D eigenvalue weighted by Crippen LogP contribution is -2.31. The SMILES string of the molecule is N#CCCN(Cc1ccco1)C(=O)c1ccc(CBr)cc1. The van der Waals surface area contributed by atoms with E-state index in [0.29, 0.717) is 30.8 Å². The third kappa shape index (κ3) is 4.20. The van der Waals surface area contributed by atoms with Crippen LogP contribution in [0.1, 0.15) is 28.1 Å². The maximum absolute atomic E-state index is 12.5. The second kappa shape index (κ2) is 7.65. The van der Waals surface area contributed by atoms with Gasteiger partial charge in [0.1, 0.15) is 5.76 Å². The van der Waals surface area contributed by atoms with Gasteiger partial charge >= 0.3 is 0 Å². The molecule has 0 atom stereocenters. The topological polar surface area (TPSA) is 57.2 Å². The zero-order chi connectivity index (χ0) is 15.1. The fourth-order valence-corrected chi connectivity index (χ4v) is 2.32. The van der Waals surface area contributed by atoms with E-state index in [4.69, 9.17) is 9.68 Å². The van der Waals surface area contributed by atoms with Crippen molar-refractivity contribution >= 4 is 21.8 Å². The number of amides is 1. The zero-order valence-corrected chi connectivity index (χ0v) is 13.0. The summed E-state index contributed by atoms with van der Waals surface area (Å²) in [6.07, 6.45) is 1.87. The van der Waals surface area contributed by atoms with E-state index in [1.165, 1.54) is 0 Å².